The molecule has 3 aromatic rings. The first-order chi connectivity index (χ1) is 14.7. The van der Waals surface area contributed by atoms with Gasteiger partial charge in [0.2, 0.25) is 0 Å². The molecule has 0 bridgehead atoms. The van der Waals surface area contributed by atoms with E-state index in [4.69, 9.17) is 21.1 Å². The molecule has 1 amide bonds. The zero-order valence-corrected chi connectivity index (χ0v) is 17.1. The summed E-state index contributed by atoms with van der Waals surface area (Å²) in [7, 11) is 0. The molecule has 30 heavy (non-hydrogen) atoms. The molecule has 0 unspecified atom stereocenters. The number of benzene rings is 2. The normalized spacial score (nSPS) is 13.7. The summed E-state index contributed by atoms with van der Waals surface area (Å²) in [6.07, 6.45) is 1.71. The van der Waals surface area contributed by atoms with Crippen LogP contribution < -0.4 is 15.0 Å². The van der Waals surface area contributed by atoms with Crippen LogP contribution in [0.15, 0.2) is 66.9 Å². The maximum atomic E-state index is 12.5. The Morgan fingerprint density at radius 3 is 2.63 bits per heavy atom. The van der Waals surface area contributed by atoms with Gasteiger partial charge in [0.05, 0.1) is 23.9 Å². The fourth-order valence-electron chi connectivity index (χ4n) is 3.28. The third-order valence-corrected chi connectivity index (χ3v) is 5.06. The summed E-state index contributed by atoms with van der Waals surface area (Å²) in [5.74, 6) is 0.922. The average molecular weight is 424 g/mol. The Bertz CT molecular complexity index is 1010. The molecule has 7 heteroatoms. The number of anilines is 2. The number of pyridine rings is 1. The number of carbonyl (C=O) groups excluding carboxylic acids is 1. The number of rotatable bonds is 6. The molecular formula is C23H22ClN3O3. The predicted octanol–water partition coefficient (Wildman–Crippen LogP) is 4.26. The van der Waals surface area contributed by atoms with Gasteiger partial charge in [-0.25, -0.2) is 4.98 Å². The van der Waals surface area contributed by atoms with Crippen molar-refractivity contribution < 1.29 is 14.3 Å². The van der Waals surface area contributed by atoms with Crippen LogP contribution in [0.3, 0.4) is 0 Å². The highest BCUT2D eigenvalue weighted by molar-refractivity contribution is 6.32. The molecule has 0 radical (unpaired) electrons. The van der Waals surface area contributed by atoms with Crippen molar-refractivity contribution >= 4 is 29.0 Å². The number of carbonyl (C=O) groups is 1. The lowest BCUT2D eigenvalue weighted by molar-refractivity contribution is -0.118. The maximum Gasteiger partial charge on any atom is 0.262 e. The minimum absolute atomic E-state index is 0.151. The fourth-order valence-corrected chi connectivity index (χ4v) is 3.51. The second-order valence-corrected chi connectivity index (χ2v) is 7.23. The molecule has 0 saturated carbocycles. The van der Waals surface area contributed by atoms with E-state index in [-0.39, 0.29) is 12.5 Å². The Hall–Kier alpha value is -3.09. The van der Waals surface area contributed by atoms with Crippen LogP contribution >= 0.6 is 11.6 Å². The van der Waals surface area contributed by atoms with Crippen molar-refractivity contribution in [1.29, 1.82) is 0 Å². The highest BCUT2D eigenvalue weighted by atomic mass is 35.5. The van der Waals surface area contributed by atoms with Gasteiger partial charge >= 0.3 is 0 Å². The van der Waals surface area contributed by atoms with Gasteiger partial charge in [-0.1, -0.05) is 48.0 Å². The highest BCUT2D eigenvalue weighted by Gasteiger charge is 2.17. The van der Waals surface area contributed by atoms with Crippen molar-refractivity contribution in [2.24, 2.45) is 0 Å². The lowest BCUT2D eigenvalue weighted by Gasteiger charge is -2.29. The Labute approximate surface area is 180 Å². The molecule has 1 aliphatic heterocycles. The zero-order valence-electron chi connectivity index (χ0n) is 16.4. The van der Waals surface area contributed by atoms with Gasteiger partial charge in [0.25, 0.3) is 5.91 Å². The van der Waals surface area contributed by atoms with Gasteiger partial charge in [0, 0.05) is 19.3 Å². The van der Waals surface area contributed by atoms with E-state index in [1.165, 1.54) is 0 Å². The third kappa shape index (κ3) is 4.90. The van der Waals surface area contributed by atoms with E-state index >= 15 is 0 Å². The van der Waals surface area contributed by atoms with E-state index in [9.17, 15) is 4.79 Å². The van der Waals surface area contributed by atoms with Crippen LogP contribution in [0.4, 0.5) is 11.5 Å². The molecular weight excluding hydrogens is 402 g/mol. The number of ether oxygens (including phenoxy) is 2. The second kappa shape index (κ2) is 9.61. The molecule has 0 atom stereocenters. The first-order valence-electron chi connectivity index (χ1n) is 9.76. The van der Waals surface area contributed by atoms with Gasteiger partial charge in [-0.15, -0.1) is 0 Å². The van der Waals surface area contributed by atoms with Gasteiger partial charge in [0.1, 0.15) is 5.75 Å². The lowest BCUT2D eigenvalue weighted by Crippen LogP contribution is -2.37. The summed E-state index contributed by atoms with van der Waals surface area (Å²) < 4.78 is 11.0. The number of nitrogens with one attached hydrogen (secondary N) is 1. The molecule has 1 N–H and O–H groups in total. The Morgan fingerprint density at radius 2 is 1.87 bits per heavy atom. The Balaban J connectivity index is 1.39. The van der Waals surface area contributed by atoms with Crippen molar-refractivity contribution in [3.05, 3.63) is 71.9 Å². The van der Waals surface area contributed by atoms with Gasteiger partial charge < -0.3 is 19.7 Å². The number of nitrogens with zero attached hydrogens (tertiary/aromatic N) is 2. The van der Waals surface area contributed by atoms with Crippen LogP contribution in [0, 0.1) is 0 Å². The molecule has 4 rings (SSSR count). The second-order valence-electron chi connectivity index (χ2n) is 6.82. The van der Waals surface area contributed by atoms with E-state index in [2.05, 4.69) is 15.2 Å². The lowest BCUT2D eigenvalue weighted by atomic mass is 10.1. The standard InChI is InChI=1S/C23H22ClN3O3/c24-19-15-18(17-5-2-1-3-6-17)8-9-21(19)30-16-22(28)26-20-7-4-10-25-23(20)27-11-13-29-14-12-27/h1-10,15H,11-14,16H2,(H,26,28). The highest BCUT2D eigenvalue weighted by Crippen LogP contribution is 2.30. The number of hydrogen-bond acceptors (Lipinski definition) is 5. The number of aromatic nitrogens is 1. The van der Waals surface area contributed by atoms with Crippen LogP contribution in [-0.2, 0) is 9.53 Å². The molecule has 2 aromatic carbocycles. The van der Waals surface area contributed by atoms with Crippen LogP contribution in [0.1, 0.15) is 0 Å². The minimum atomic E-state index is -0.277. The molecule has 0 aliphatic carbocycles. The van der Waals surface area contributed by atoms with E-state index in [1.54, 1.807) is 18.3 Å². The quantitative estimate of drug-likeness (QED) is 0.642. The first-order valence-corrected chi connectivity index (χ1v) is 10.1. The number of hydrogen-bond donors (Lipinski definition) is 1. The average Bonchev–Trinajstić information content (AvgIpc) is 2.80. The number of amides is 1. The SMILES string of the molecule is O=C(COc1ccc(-c2ccccc2)cc1Cl)Nc1cccnc1N1CCOCC1. The summed E-state index contributed by atoms with van der Waals surface area (Å²) in [5.41, 5.74) is 2.71. The van der Waals surface area contributed by atoms with Crippen molar-refractivity contribution in [1.82, 2.24) is 4.98 Å². The van der Waals surface area contributed by atoms with Crippen LogP contribution in [-0.4, -0.2) is 43.8 Å². The summed E-state index contributed by atoms with van der Waals surface area (Å²) in [5, 5.41) is 3.34. The largest absolute Gasteiger partial charge is 0.482 e. The fraction of sp³-hybridized carbons (Fsp3) is 0.217. The van der Waals surface area contributed by atoms with Crippen LogP contribution in [0.2, 0.25) is 5.02 Å². The number of halogens is 1. The summed E-state index contributed by atoms with van der Waals surface area (Å²) in [6, 6.07) is 19.1. The molecule has 1 aromatic heterocycles. The van der Waals surface area contributed by atoms with E-state index in [1.807, 2.05) is 48.5 Å². The smallest absolute Gasteiger partial charge is 0.262 e. The monoisotopic (exact) mass is 423 g/mol. The van der Waals surface area contributed by atoms with Crippen molar-refractivity contribution in [3.8, 4) is 16.9 Å². The topological polar surface area (TPSA) is 63.7 Å². The predicted molar refractivity (Wildman–Crippen MR) is 118 cm³/mol. The molecule has 0 spiro atoms. The Kier molecular flexibility index (Phi) is 6.47. The molecule has 1 saturated heterocycles. The Morgan fingerprint density at radius 1 is 1.07 bits per heavy atom. The van der Waals surface area contributed by atoms with Crippen molar-refractivity contribution in [3.63, 3.8) is 0 Å². The molecule has 2 heterocycles. The minimum Gasteiger partial charge on any atom is -0.482 e. The maximum absolute atomic E-state index is 12.5. The van der Waals surface area contributed by atoms with Crippen LogP contribution in [0.25, 0.3) is 11.1 Å². The van der Waals surface area contributed by atoms with E-state index in [0.717, 1.165) is 30.0 Å². The third-order valence-electron chi connectivity index (χ3n) is 4.77. The summed E-state index contributed by atoms with van der Waals surface area (Å²) in [4.78, 5) is 19.0. The summed E-state index contributed by atoms with van der Waals surface area (Å²) >= 11 is 6.36. The number of morpholine rings is 1. The van der Waals surface area contributed by atoms with Gasteiger partial charge in [-0.05, 0) is 35.4 Å². The van der Waals surface area contributed by atoms with Gasteiger partial charge in [0.15, 0.2) is 12.4 Å². The summed E-state index contributed by atoms with van der Waals surface area (Å²) in [6.45, 7) is 2.61. The van der Waals surface area contributed by atoms with E-state index in [0.29, 0.717) is 29.7 Å². The first kappa shape index (κ1) is 20.2. The van der Waals surface area contributed by atoms with Gasteiger partial charge in [-0.3, -0.25) is 4.79 Å². The van der Waals surface area contributed by atoms with E-state index < -0.39 is 0 Å². The van der Waals surface area contributed by atoms with Gasteiger partial charge in [-0.2, -0.15) is 0 Å². The molecule has 1 fully saturated rings. The zero-order chi connectivity index (χ0) is 20.8. The van der Waals surface area contributed by atoms with Crippen molar-refractivity contribution in [2.45, 2.75) is 0 Å². The van der Waals surface area contributed by atoms with Crippen LogP contribution in [0.5, 0.6) is 5.75 Å². The molecule has 6 nitrogen and oxygen atoms in total. The van der Waals surface area contributed by atoms with Crippen molar-refractivity contribution in [2.75, 3.05) is 43.1 Å². The molecule has 1 aliphatic rings. The molecule has 154 valence electrons.